The molecule has 2 aliphatic heterocycles. The summed E-state index contributed by atoms with van der Waals surface area (Å²) in [7, 11) is 1.58. The van der Waals surface area contributed by atoms with Gasteiger partial charge in [0.2, 0.25) is 0 Å². The Bertz CT molecular complexity index is 910. The van der Waals surface area contributed by atoms with Gasteiger partial charge < -0.3 is 19.6 Å². The first-order valence-electron chi connectivity index (χ1n) is 10.3. The van der Waals surface area contributed by atoms with Crippen molar-refractivity contribution in [3.8, 4) is 5.75 Å². The highest BCUT2D eigenvalue weighted by atomic mass is 16.5. The first-order valence-corrected chi connectivity index (χ1v) is 10.3. The quantitative estimate of drug-likeness (QED) is 0.841. The molecule has 2 saturated heterocycles. The van der Waals surface area contributed by atoms with Crippen molar-refractivity contribution in [1.82, 2.24) is 14.8 Å². The summed E-state index contributed by atoms with van der Waals surface area (Å²) in [5, 5.41) is 10.5. The Morgan fingerprint density at radius 1 is 1.10 bits per heavy atom. The van der Waals surface area contributed by atoms with Crippen molar-refractivity contribution in [1.29, 1.82) is 0 Å². The number of nitrogens with zero attached hydrogens (tertiary/aromatic N) is 3. The molecule has 1 unspecified atom stereocenters. The number of hydrogen-bond donors (Lipinski definition) is 1. The van der Waals surface area contributed by atoms with Gasteiger partial charge >= 0.3 is 0 Å². The van der Waals surface area contributed by atoms with Gasteiger partial charge in [-0.25, -0.2) is 0 Å². The number of hydrogen-bond acceptors (Lipinski definition) is 5. The molecule has 2 fully saturated rings. The molecule has 2 aromatic rings. The number of ether oxygens (including phenoxy) is 1. The largest absolute Gasteiger partial charge is 0.497 e. The Labute approximate surface area is 176 Å². The molecule has 1 spiro atoms. The van der Waals surface area contributed by atoms with Gasteiger partial charge in [0.15, 0.2) is 0 Å². The Morgan fingerprint density at radius 2 is 1.83 bits per heavy atom. The number of rotatable bonds is 3. The summed E-state index contributed by atoms with van der Waals surface area (Å²) in [6.07, 6.45) is 4.82. The Hall–Kier alpha value is -2.93. The predicted octanol–water partition coefficient (Wildman–Crippen LogP) is 2.22. The summed E-state index contributed by atoms with van der Waals surface area (Å²) >= 11 is 0. The van der Waals surface area contributed by atoms with Gasteiger partial charge in [-0.1, -0.05) is 6.07 Å². The number of aliphatic hydroxyl groups excluding tert-OH is 1. The van der Waals surface area contributed by atoms with Crippen LogP contribution in [0.2, 0.25) is 0 Å². The molecule has 4 rings (SSSR count). The standard InChI is InChI=1S/C23H27N3O4/c1-30-20-6-2-4-17(12-20)21(28)25-10-7-23(8-11-25)13-19(27)15-26(16-23)22(29)18-5-3-9-24-14-18/h2-6,9,12,14,19,27H,7-8,10-11,13,15-16H2,1H3. The topological polar surface area (TPSA) is 83.0 Å². The number of benzene rings is 1. The van der Waals surface area contributed by atoms with Crippen LogP contribution in [0.15, 0.2) is 48.8 Å². The van der Waals surface area contributed by atoms with Crippen molar-refractivity contribution in [3.63, 3.8) is 0 Å². The zero-order chi connectivity index (χ0) is 21.1. The molecule has 7 nitrogen and oxygen atoms in total. The van der Waals surface area contributed by atoms with E-state index in [1.807, 2.05) is 17.0 Å². The number of aromatic nitrogens is 1. The van der Waals surface area contributed by atoms with Crippen LogP contribution < -0.4 is 4.74 Å². The Balaban J connectivity index is 1.43. The van der Waals surface area contributed by atoms with E-state index in [0.29, 0.717) is 49.5 Å². The first-order chi connectivity index (χ1) is 14.5. The van der Waals surface area contributed by atoms with E-state index in [4.69, 9.17) is 4.74 Å². The van der Waals surface area contributed by atoms with E-state index in [1.165, 1.54) is 0 Å². The number of pyridine rings is 1. The highest BCUT2D eigenvalue weighted by molar-refractivity contribution is 5.95. The molecule has 7 heteroatoms. The second kappa shape index (κ2) is 8.44. The Morgan fingerprint density at radius 3 is 2.53 bits per heavy atom. The molecule has 0 radical (unpaired) electrons. The van der Waals surface area contributed by atoms with E-state index in [1.54, 1.807) is 48.7 Å². The SMILES string of the molecule is COc1cccc(C(=O)N2CCC3(CC2)CC(O)CN(C(=O)c2cccnc2)C3)c1. The van der Waals surface area contributed by atoms with Crippen molar-refractivity contribution >= 4 is 11.8 Å². The van der Waals surface area contributed by atoms with Gasteiger partial charge in [-0.3, -0.25) is 14.6 Å². The summed E-state index contributed by atoms with van der Waals surface area (Å²) in [5.41, 5.74) is 0.982. The lowest BCUT2D eigenvalue weighted by Crippen LogP contribution is -2.55. The molecule has 0 saturated carbocycles. The average molecular weight is 409 g/mol. The highest BCUT2D eigenvalue weighted by Crippen LogP contribution is 2.40. The number of aliphatic hydroxyl groups is 1. The van der Waals surface area contributed by atoms with Crippen LogP contribution in [0, 0.1) is 5.41 Å². The van der Waals surface area contributed by atoms with Crippen molar-refractivity contribution in [3.05, 3.63) is 59.9 Å². The number of β-amino-alcohol motifs (C(OH)–C–C–N with tert-alkyl or cyclic N) is 1. The molecule has 0 aliphatic carbocycles. The molecular weight excluding hydrogens is 382 g/mol. The lowest BCUT2D eigenvalue weighted by molar-refractivity contribution is -0.0299. The fourth-order valence-electron chi connectivity index (χ4n) is 4.66. The molecular formula is C23H27N3O4. The number of amides is 2. The van der Waals surface area contributed by atoms with E-state index in [2.05, 4.69) is 4.98 Å². The molecule has 1 N–H and O–H groups in total. The number of carbonyl (C=O) groups is 2. The van der Waals surface area contributed by atoms with Crippen molar-refractivity contribution in [2.24, 2.45) is 5.41 Å². The molecule has 1 aromatic carbocycles. The van der Waals surface area contributed by atoms with E-state index < -0.39 is 6.10 Å². The van der Waals surface area contributed by atoms with Gasteiger partial charge in [0.1, 0.15) is 5.75 Å². The van der Waals surface area contributed by atoms with Gasteiger partial charge in [0, 0.05) is 44.1 Å². The maximum absolute atomic E-state index is 12.9. The third-order valence-corrected chi connectivity index (χ3v) is 6.25. The molecule has 1 atom stereocenters. The third kappa shape index (κ3) is 4.16. The molecule has 2 amide bonds. The summed E-state index contributed by atoms with van der Waals surface area (Å²) in [6.45, 7) is 2.15. The van der Waals surface area contributed by atoms with Crippen LogP contribution in [0.1, 0.15) is 40.0 Å². The fourth-order valence-corrected chi connectivity index (χ4v) is 4.66. The Kier molecular flexibility index (Phi) is 5.72. The van der Waals surface area contributed by atoms with Gasteiger partial charge in [-0.15, -0.1) is 0 Å². The summed E-state index contributed by atoms with van der Waals surface area (Å²) in [4.78, 5) is 33.4. The average Bonchev–Trinajstić information content (AvgIpc) is 2.78. The van der Waals surface area contributed by atoms with Gasteiger partial charge in [0.05, 0.1) is 18.8 Å². The predicted molar refractivity (Wildman–Crippen MR) is 111 cm³/mol. The summed E-state index contributed by atoms with van der Waals surface area (Å²) in [5.74, 6) is 0.550. The minimum Gasteiger partial charge on any atom is -0.497 e. The second-order valence-corrected chi connectivity index (χ2v) is 8.31. The maximum atomic E-state index is 12.9. The van der Waals surface area contributed by atoms with Crippen LogP contribution in [-0.4, -0.2) is 71.1 Å². The first kappa shape index (κ1) is 20.3. The minimum atomic E-state index is -0.556. The summed E-state index contributed by atoms with van der Waals surface area (Å²) < 4.78 is 5.22. The molecule has 1 aromatic heterocycles. The minimum absolute atomic E-state index is 0.0107. The van der Waals surface area contributed by atoms with E-state index in [0.717, 1.165) is 12.8 Å². The molecule has 0 bridgehead atoms. The number of carbonyl (C=O) groups excluding carboxylic acids is 2. The van der Waals surface area contributed by atoms with Crippen LogP contribution >= 0.6 is 0 Å². The molecule has 158 valence electrons. The van der Waals surface area contributed by atoms with Crippen LogP contribution in [-0.2, 0) is 0 Å². The molecule has 2 aliphatic rings. The van der Waals surface area contributed by atoms with Gasteiger partial charge in [-0.05, 0) is 55.0 Å². The molecule has 30 heavy (non-hydrogen) atoms. The molecule has 3 heterocycles. The van der Waals surface area contributed by atoms with Crippen LogP contribution in [0.3, 0.4) is 0 Å². The van der Waals surface area contributed by atoms with Crippen molar-refractivity contribution in [2.45, 2.75) is 25.4 Å². The highest BCUT2D eigenvalue weighted by Gasteiger charge is 2.43. The van der Waals surface area contributed by atoms with E-state index >= 15 is 0 Å². The third-order valence-electron chi connectivity index (χ3n) is 6.25. The van der Waals surface area contributed by atoms with E-state index in [-0.39, 0.29) is 17.2 Å². The van der Waals surface area contributed by atoms with Gasteiger partial charge in [-0.2, -0.15) is 0 Å². The number of methoxy groups -OCH3 is 1. The van der Waals surface area contributed by atoms with Crippen LogP contribution in [0.5, 0.6) is 5.75 Å². The van der Waals surface area contributed by atoms with Crippen molar-refractivity contribution in [2.75, 3.05) is 33.3 Å². The number of piperidine rings is 2. The lowest BCUT2D eigenvalue weighted by atomic mass is 9.71. The van der Waals surface area contributed by atoms with E-state index in [9.17, 15) is 14.7 Å². The fraction of sp³-hybridized carbons (Fsp3) is 0.435. The van der Waals surface area contributed by atoms with Gasteiger partial charge in [0.25, 0.3) is 11.8 Å². The normalized spacial score (nSPS) is 20.8. The second-order valence-electron chi connectivity index (χ2n) is 8.31. The van der Waals surface area contributed by atoms with Crippen molar-refractivity contribution < 1.29 is 19.4 Å². The zero-order valence-corrected chi connectivity index (χ0v) is 17.2. The monoisotopic (exact) mass is 409 g/mol. The van der Waals surface area contributed by atoms with Crippen LogP contribution in [0.25, 0.3) is 0 Å². The number of likely N-dealkylation sites (tertiary alicyclic amines) is 2. The zero-order valence-electron chi connectivity index (χ0n) is 17.2. The maximum Gasteiger partial charge on any atom is 0.255 e. The lowest BCUT2D eigenvalue weighted by Gasteiger charge is -2.49. The smallest absolute Gasteiger partial charge is 0.255 e. The van der Waals surface area contributed by atoms with Crippen LogP contribution in [0.4, 0.5) is 0 Å². The summed E-state index contributed by atoms with van der Waals surface area (Å²) in [6, 6.07) is 10.7.